The Hall–Kier alpha value is -1.30. The number of rotatable bonds is 4. The van der Waals surface area contributed by atoms with Crippen LogP contribution in [-0.4, -0.2) is 35.2 Å². The molecule has 104 valence electrons. The maximum atomic E-state index is 11.7. The van der Waals surface area contributed by atoms with E-state index in [4.69, 9.17) is 5.73 Å². The molecule has 0 spiro atoms. The van der Waals surface area contributed by atoms with Crippen LogP contribution in [0.15, 0.2) is 0 Å². The zero-order chi connectivity index (χ0) is 13.6. The summed E-state index contributed by atoms with van der Waals surface area (Å²) in [4.78, 5) is 22.3. The molecule has 0 saturated heterocycles. The number of hydrogen-bond acceptors (Lipinski definition) is 3. The van der Waals surface area contributed by atoms with Gasteiger partial charge in [-0.25, -0.2) is 4.79 Å². The third kappa shape index (κ3) is 4.91. The number of carbonyl (C=O) groups excluding carboxylic acids is 2. The number of hydrogen-bond donors (Lipinski definition) is 4. The van der Waals surface area contributed by atoms with Crippen molar-refractivity contribution in [2.45, 2.75) is 57.1 Å². The van der Waals surface area contributed by atoms with Crippen molar-refractivity contribution in [2.24, 2.45) is 5.73 Å². The lowest BCUT2D eigenvalue weighted by Crippen LogP contribution is -2.50. The van der Waals surface area contributed by atoms with Gasteiger partial charge in [-0.05, 0) is 19.8 Å². The van der Waals surface area contributed by atoms with E-state index in [-0.39, 0.29) is 12.5 Å². The molecular weight excluding hydrogens is 234 g/mol. The summed E-state index contributed by atoms with van der Waals surface area (Å²) >= 11 is 0. The predicted octanol–water partition coefficient (Wildman–Crippen LogP) is 0.245. The van der Waals surface area contributed by atoms with Gasteiger partial charge in [0.05, 0.1) is 5.60 Å². The predicted molar refractivity (Wildman–Crippen MR) is 67.8 cm³/mol. The Labute approximate surface area is 107 Å². The molecule has 0 heterocycles. The standard InChI is InChI=1S/C12H23N3O3/c1-9(15-11(13)17)10(16)14-8-12(18)6-4-2-3-5-7-12/h9,18H,2-8H2,1H3,(H,14,16)(H3,13,15,17). The Kier molecular flexibility index (Phi) is 5.40. The zero-order valence-electron chi connectivity index (χ0n) is 10.9. The van der Waals surface area contributed by atoms with Gasteiger partial charge in [-0.15, -0.1) is 0 Å². The van der Waals surface area contributed by atoms with Crippen molar-refractivity contribution in [1.29, 1.82) is 0 Å². The van der Waals surface area contributed by atoms with Crippen molar-refractivity contribution in [3.63, 3.8) is 0 Å². The summed E-state index contributed by atoms with van der Waals surface area (Å²) in [7, 11) is 0. The summed E-state index contributed by atoms with van der Waals surface area (Å²) in [6, 6.07) is -1.41. The number of primary amides is 1. The summed E-state index contributed by atoms with van der Waals surface area (Å²) in [6.45, 7) is 1.79. The molecule has 3 amide bonds. The number of urea groups is 1. The van der Waals surface area contributed by atoms with E-state index in [9.17, 15) is 14.7 Å². The first-order valence-corrected chi connectivity index (χ1v) is 6.49. The van der Waals surface area contributed by atoms with Crippen LogP contribution in [0.3, 0.4) is 0 Å². The molecular formula is C12H23N3O3. The molecule has 1 rings (SSSR count). The lowest BCUT2D eigenvalue weighted by molar-refractivity contribution is -0.123. The second-order valence-electron chi connectivity index (χ2n) is 5.09. The minimum Gasteiger partial charge on any atom is -0.388 e. The van der Waals surface area contributed by atoms with Crippen molar-refractivity contribution in [2.75, 3.05) is 6.54 Å². The molecule has 0 bridgehead atoms. The molecule has 6 nitrogen and oxygen atoms in total. The second kappa shape index (κ2) is 6.58. The van der Waals surface area contributed by atoms with E-state index in [0.29, 0.717) is 12.8 Å². The normalized spacial score (nSPS) is 20.6. The highest BCUT2D eigenvalue weighted by Gasteiger charge is 2.29. The first-order valence-electron chi connectivity index (χ1n) is 6.49. The van der Waals surface area contributed by atoms with Gasteiger partial charge in [0.15, 0.2) is 0 Å². The largest absolute Gasteiger partial charge is 0.388 e. The van der Waals surface area contributed by atoms with E-state index in [2.05, 4.69) is 10.6 Å². The smallest absolute Gasteiger partial charge is 0.312 e. The maximum absolute atomic E-state index is 11.7. The van der Waals surface area contributed by atoms with Crippen LogP contribution in [0.25, 0.3) is 0 Å². The molecule has 1 aliphatic rings. The molecule has 6 heteroatoms. The fraction of sp³-hybridized carbons (Fsp3) is 0.833. The van der Waals surface area contributed by atoms with E-state index in [0.717, 1.165) is 25.7 Å². The van der Waals surface area contributed by atoms with Crippen LogP contribution >= 0.6 is 0 Å². The molecule has 5 N–H and O–H groups in total. The molecule has 1 aliphatic carbocycles. The molecule has 0 aromatic carbocycles. The van der Waals surface area contributed by atoms with Crippen molar-refractivity contribution in [1.82, 2.24) is 10.6 Å². The van der Waals surface area contributed by atoms with Crippen molar-refractivity contribution >= 4 is 11.9 Å². The lowest BCUT2D eigenvalue weighted by atomic mass is 9.94. The first kappa shape index (κ1) is 14.8. The van der Waals surface area contributed by atoms with Gasteiger partial charge in [0.25, 0.3) is 0 Å². The molecule has 1 atom stereocenters. The molecule has 1 unspecified atom stereocenters. The summed E-state index contributed by atoms with van der Waals surface area (Å²) < 4.78 is 0. The topological polar surface area (TPSA) is 104 Å². The summed E-state index contributed by atoms with van der Waals surface area (Å²) in [6.07, 6.45) is 5.67. The van der Waals surface area contributed by atoms with Crippen LogP contribution in [0.5, 0.6) is 0 Å². The summed E-state index contributed by atoms with van der Waals surface area (Å²) in [5, 5.41) is 15.3. The van der Waals surface area contributed by atoms with Crippen molar-refractivity contribution in [3.8, 4) is 0 Å². The van der Waals surface area contributed by atoms with Gasteiger partial charge < -0.3 is 21.5 Å². The van der Waals surface area contributed by atoms with E-state index in [1.54, 1.807) is 6.92 Å². The second-order valence-corrected chi connectivity index (χ2v) is 5.09. The zero-order valence-corrected chi connectivity index (χ0v) is 10.9. The first-order chi connectivity index (χ1) is 8.43. The molecule has 0 aromatic heterocycles. The van der Waals surface area contributed by atoms with Gasteiger partial charge in [-0.3, -0.25) is 4.79 Å². The van der Waals surface area contributed by atoms with Crippen LogP contribution < -0.4 is 16.4 Å². The summed E-state index contributed by atoms with van der Waals surface area (Å²) in [5.74, 6) is -0.327. The molecule has 0 aliphatic heterocycles. The van der Waals surface area contributed by atoms with Gasteiger partial charge >= 0.3 is 6.03 Å². The van der Waals surface area contributed by atoms with Gasteiger partial charge in [-0.1, -0.05) is 25.7 Å². The van der Waals surface area contributed by atoms with Crippen LogP contribution in [0.4, 0.5) is 4.79 Å². The quantitative estimate of drug-likeness (QED) is 0.542. The fourth-order valence-electron chi connectivity index (χ4n) is 2.25. The maximum Gasteiger partial charge on any atom is 0.312 e. The van der Waals surface area contributed by atoms with E-state index >= 15 is 0 Å². The monoisotopic (exact) mass is 257 g/mol. The van der Waals surface area contributed by atoms with Gasteiger partial charge in [-0.2, -0.15) is 0 Å². The third-order valence-corrected chi connectivity index (χ3v) is 3.38. The molecule has 0 aromatic rings. The lowest BCUT2D eigenvalue weighted by Gasteiger charge is -2.27. The van der Waals surface area contributed by atoms with Gasteiger partial charge in [0, 0.05) is 6.54 Å². The van der Waals surface area contributed by atoms with E-state index < -0.39 is 17.7 Å². The van der Waals surface area contributed by atoms with Crippen molar-refractivity contribution in [3.05, 3.63) is 0 Å². The molecule has 1 saturated carbocycles. The number of amides is 3. The van der Waals surface area contributed by atoms with Crippen LogP contribution in [0, 0.1) is 0 Å². The Morgan fingerprint density at radius 1 is 1.28 bits per heavy atom. The van der Waals surface area contributed by atoms with E-state index in [1.807, 2.05) is 0 Å². The fourth-order valence-corrected chi connectivity index (χ4v) is 2.25. The van der Waals surface area contributed by atoms with Gasteiger partial charge in [0.1, 0.15) is 6.04 Å². The Balaban J connectivity index is 2.38. The van der Waals surface area contributed by atoms with Crippen LogP contribution in [0.1, 0.15) is 45.4 Å². The highest BCUT2D eigenvalue weighted by molar-refractivity contribution is 5.86. The third-order valence-electron chi connectivity index (χ3n) is 3.38. The Morgan fingerprint density at radius 2 is 1.83 bits per heavy atom. The highest BCUT2D eigenvalue weighted by Crippen LogP contribution is 2.26. The summed E-state index contributed by atoms with van der Waals surface area (Å²) in [5.41, 5.74) is 4.13. The molecule has 0 radical (unpaired) electrons. The number of carbonyl (C=O) groups is 2. The number of nitrogens with two attached hydrogens (primary N) is 1. The minimum absolute atomic E-state index is 0.233. The molecule has 1 fully saturated rings. The van der Waals surface area contributed by atoms with Crippen LogP contribution in [-0.2, 0) is 4.79 Å². The Morgan fingerprint density at radius 3 is 2.33 bits per heavy atom. The van der Waals surface area contributed by atoms with Crippen molar-refractivity contribution < 1.29 is 14.7 Å². The number of aliphatic hydroxyl groups is 1. The average Bonchev–Trinajstić information content (AvgIpc) is 2.51. The van der Waals surface area contributed by atoms with Gasteiger partial charge in [0.2, 0.25) is 5.91 Å². The van der Waals surface area contributed by atoms with E-state index in [1.165, 1.54) is 0 Å². The minimum atomic E-state index is -0.807. The molecule has 18 heavy (non-hydrogen) atoms. The number of nitrogens with one attached hydrogen (secondary N) is 2. The average molecular weight is 257 g/mol. The SMILES string of the molecule is CC(NC(N)=O)C(=O)NCC1(O)CCCCCC1. The Bertz CT molecular complexity index is 299. The van der Waals surface area contributed by atoms with Crippen LogP contribution in [0.2, 0.25) is 0 Å². The highest BCUT2D eigenvalue weighted by atomic mass is 16.3.